The molecule has 1 unspecified atom stereocenters. The van der Waals surface area contributed by atoms with E-state index in [1.165, 1.54) is 12.1 Å². The van der Waals surface area contributed by atoms with Crippen molar-refractivity contribution in [1.29, 1.82) is 0 Å². The molecular formula is C21H27FN4O. The molecule has 0 N–H and O–H groups in total. The Morgan fingerprint density at radius 3 is 2.63 bits per heavy atom. The summed E-state index contributed by atoms with van der Waals surface area (Å²) in [7, 11) is 0. The molecule has 2 fully saturated rings. The number of benzene rings is 1. The van der Waals surface area contributed by atoms with Crippen molar-refractivity contribution in [2.24, 2.45) is 0 Å². The average Bonchev–Trinajstić information content (AvgIpc) is 3.32. The molecule has 27 heavy (non-hydrogen) atoms. The van der Waals surface area contributed by atoms with Crippen molar-refractivity contribution >= 4 is 11.6 Å². The summed E-state index contributed by atoms with van der Waals surface area (Å²) >= 11 is 0. The predicted octanol–water partition coefficient (Wildman–Crippen LogP) is 3.71. The first-order valence-corrected chi connectivity index (χ1v) is 9.73. The van der Waals surface area contributed by atoms with Crippen molar-refractivity contribution < 1.29 is 9.18 Å². The van der Waals surface area contributed by atoms with Gasteiger partial charge in [0, 0.05) is 37.1 Å². The summed E-state index contributed by atoms with van der Waals surface area (Å²) in [6, 6.07) is 8.49. The molecule has 2 aliphatic heterocycles. The van der Waals surface area contributed by atoms with Crippen LogP contribution < -0.4 is 4.90 Å². The van der Waals surface area contributed by atoms with Gasteiger partial charge in [0.15, 0.2) is 0 Å². The van der Waals surface area contributed by atoms with E-state index in [2.05, 4.69) is 23.8 Å². The Balaban J connectivity index is 1.63. The smallest absolute Gasteiger partial charge is 0.274 e. The van der Waals surface area contributed by atoms with Crippen molar-refractivity contribution in [3.05, 3.63) is 48.0 Å². The summed E-state index contributed by atoms with van der Waals surface area (Å²) in [5, 5.41) is 4.42. The molecule has 2 aromatic rings. The summed E-state index contributed by atoms with van der Waals surface area (Å²) in [4.78, 5) is 17.6. The SMILES string of the molecule is CCn1ccc(C(=O)N2CCCC23CN(c2ccc(F)cc2)C(C)(C)C3)n1. The number of likely N-dealkylation sites (tertiary alicyclic amines) is 1. The number of aromatic nitrogens is 2. The predicted molar refractivity (Wildman–Crippen MR) is 103 cm³/mol. The van der Waals surface area contributed by atoms with Crippen LogP contribution in [0.2, 0.25) is 0 Å². The summed E-state index contributed by atoms with van der Waals surface area (Å²) in [5.41, 5.74) is 1.23. The van der Waals surface area contributed by atoms with Gasteiger partial charge in [0.1, 0.15) is 11.5 Å². The molecule has 0 bridgehead atoms. The quantitative estimate of drug-likeness (QED) is 0.827. The van der Waals surface area contributed by atoms with Crippen LogP contribution in [0.3, 0.4) is 0 Å². The molecule has 3 heterocycles. The second kappa shape index (κ2) is 6.36. The van der Waals surface area contributed by atoms with E-state index in [1.807, 2.05) is 36.2 Å². The number of rotatable bonds is 3. The second-order valence-electron chi connectivity index (χ2n) is 8.39. The van der Waals surface area contributed by atoms with Crippen LogP contribution in [0.15, 0.2) is 36.5 Å². The molecular weight excluding hydrogens is 343 g/mol. The Morgan fingerprint density at radius 1 is 1.22 bits per heavy atom. The van der Waals surface area contributed by atoms with E-state index in [4.69, 9.17) is 0 Å². The highest BCUT2D eigenvalue weighted by Gasteiger charge is 2.55. The monoisotopic (exact) mass is 370 g/mol. The van der Waals surface area contributed by atoms with Gasteiger partial charge in [0.25, 0.3) is 5.91 Å². The van der Waals surface area contributed by atoms with Crippen LogP contribution in [0.1, 0.15) is 50.5 Å². The van der Waals surface area contributed by atoms with Gasteiger partial charge in [0.05, 0.1) is 5.54 Å². The maximum absolute atomic E-state index is 13.4. The van der Waals surface area contributed by atoms with Gasteiger partial charge in [0.2, 0.25) is 0 Å². The minimum atomic E-state index is -0.227. The molecule has 144 valence electrons. The molecule has 1 atom stereocenters. The van der Waals surface area contributed by atoms with Crippen LogP contribution in [0.4, 0.5) is 10.1 Å². The fourth-order valence-corrected chi connectivity index (χ4v) is 4.92. The lowest BCUT2D eigenvalue weighted by Gasteiger charge is -2.35. The normalized spacial score (nSPS) is 24.1. The molecule has 1 amide bonds. The first-order chi connectivity index (χ1) is 12.8. The van der Waals surface area contributed by atoms with Crippen LogP contribution in [0, 0.1) is 5.82 Å². The van der Waals surface area contributed by atoms with Crippen molar-refractivity contribution in [3.8, 4) is 0 Å². The standard InChI is InChI=1S/C21H27FN4O/c1-4-24-13-10-18(23-24)19(27)25-12-5-11-21(25)14-20(2,3)26(15-21)17-8-6-16(22)7-9-17/h6-10,13H,4-5,11-12,14-15H2,1-3H3. The number of carbonyl (C=O) groups is 1. The van der Waals surface area contributed by atoms with Crippen molar-refractivity contribution in [1.82, 2.24) is 14.7 Å². The highest BCUT2D eigenvalue weighted by atomic mass is 19.1. The van der Waals surface area contributed by atoms with Gasteiger partial charge in [-0.2, -0.15) is 5.10 Å². The summed E-state index contributed by atoms with van der Waals surface area (Å²) < 4.78 is 15.2. The Labute approximate surface area is 159 Å². The van der Waals surface area contributed by atoms with E-state index in [0.717, 1.165) is 44.6 Å². The molecule has 4 rings (SSSR count). The zero-order valence-electron chi connectivity index (χ0n) is 16.3. The number of aryl methyl sites for hydroxylation is 1. The third-order valence-corrected chi connectivity index (χ3v) is 6.11. The van der Waals surface area contributed by atoms with Crippen LogP contribution in [0.5, 0.6) is 0 Å². The number of anilines is 1. The van der Waals surface area contributed by atoms with Gasteiger partial charge in [-0.3, -0.25) is 9.48 Å². The number of amides is 1. The summed E-state index contributed by atoms with van der Waals surface area (Å²) in [6.45, 7) is 8.72. The first kappa shape index (κ1) is 18.0. The number of halogens is 1. The van der Waals surface area contributed by atoms with Gasteiger partial charge in [-0.25, -0.2) is 4.39 Å². The maximum Gasteiger partial charge on any atom is 0.274 e. The van der Waals surface area contributed by atoms with Gasteiger partial charge in [-0.1, -0.05) is 0 Å². The minimum Gasteiger partial charge on any atom is -0.364 e. The zero-order valence-corrected chi connectivity index (χ0v) is 16.3. The minimum absolute atomic E-state index is 0.0245. The third-order valence-electron chi connectivity index (χ3n) is 6.11. The average molecular weight is 370 g/mol. The Bertz CT molecular complexity index is 844. The molecule has 1 aromatic heterocycles. The van der Waals surface area contributed by atoms with Crippen LogP contribution >= 0.6 is 0 Å². The lowest BCUT2D eigenvalue weighted by atomic mass is 9.87. The Morgan fingerprint density at radius 2 is 1.96 bits per heavy atom. The van der Waals surface area contributed by atoms with E-state index in [9.17, 15) is 9.18 Å². The Hall–Kier alpha value is -2.37. The molecule has 1 aromatic carbocycles. The van der Waals surface area contributed by atoms with Crippen molar-refractivity contribution in [2.45, 2.75) is 57.7 Å². The van der Waals surface area contributed by atoms with Crippen LogP contribution in [-0.2, 0) is 6.54 Å². The molecule has 2 aliphatic rings. The number of carbonyl (C=O) groups excluding carboxylic acids is 1. The van der Waals surface area contributed by atoms with E-state index in [-0.39, 0.29) is 22.8 Å². The highest BCUT2D eigenvalue weighted by Crippen LogP contribution is 2.47. The van der Waals surface area contributed by atoms with Gasteiger partial charge >= 0.3 is 0 Å². The fourth-order valence-electron chi connectivity index (χ4n) is 4.92. The van der Waals surface area contributed by atoms with Crippen LogP contribution in [-0.4, -0.2) is 44.8 Å². The molecule has 1 spiro atoms. The van der Waals surface area contributed by atoms with E-state index in [0.29, 0.717) is 5.69 Å². The number of nitrogens with zero attached hydrogens (tertiary/aromatic N) is 4. The van der Waals surface area contributed by atoms with Gasteiger partial charge in [-0.15, -0.1) is 0 Å². The highest BCUT2D eigenvalue weighted by molar-refractivity contribution is 5.93. The maximum atomic E-state index is 13.4. The van der Waals surface area contributed by atoms with Crippen molar-refractivity contribution in [3.63, 3.8) is 0 Å². The molecule has 0 saturated carbocycles. The second-order valence-corrected chi connectivity index (χ2v) is 8.39. The van der Waals surface area contributed by atoms with E-state index < -0.39 is 0 Å². The van der Waals surface area contributed by atoms with E-state index >= 15 is 0 Å². The molecule has 2 saturated heterocycles. The van der Waals surface area contributed by atoms with Gasteiger partial charge < -0.3 is 9.80 Å². The topological polar surface area (TPSA) is 41.4 Å². The molecule has 0 aliphatic carbocycles. The van der Waals surface area contributed by atoms with Crippen LogP contribution in [0.25, 0.3) is 0 Å². The largest absolute Gasteiger partial charge is 0.364 e. The summed E-state index contributed by atoms with van der Waals surface area (Å²) in [6.07, 6.45) is 4.76. The Kier molecular flexibility index (Phi) is 4.24. The zero-order chi connectivity index (χ0) is 19.2. The van der Waals surface area contributed by atoms with Crippen molar-refractivity contribution in [2.75, 3.05) is 18.0 Å². The fraction of sp³-hybridized carbons (Fsp3) is 0.524. The third kappa shape index (κ3) is 3.01. The lowest BCUT2D eigenvalue weighted by Crippen LogP contribution is -2.49. The molecule has 0 radical (unpaired) electrons. The summed E-state index contributed by atoms with van der Waals surface area (Å²) in [5.74, 6) is -0.203. The number of hydrogen-bond acceptors (Lipinski definition) is 3. The molecule has 5 nitrogen and oxygen atoms in total. The first-order valence-electron chi connectivity index (χ1n) is 9.73. The molecule has 6 heteroatoms. The lowest BCUT2D eigenvalue weighted by molar-refractivity contribution is 0.0610. The number of hydrogen-bond donors (Lipinski definition) is 0. The van der Waals surface area contributed by atoms with Gasteiger partial charge in [-0.05, 0) is 70.4 Å². The van der Waals surface area contributed by atoms with E-state index in [1.54, 1.807) is 4.68 Å².